The van der Waals surface area contributed by atoms with Crippen LogP contribution < -0.4 is 0 Å². The van der Waals surface area contributed by atoms with Gasteiger partial charge in [0.25, 0.3) is 0 Å². The van der Waals surface area contributed by atoms with E-state index in [1.165, 1.54) is 45.1 Å². The van der Waals surface area contributed by atoms with Crippen molar-refractivity contribution in [2.75, 3.05) is 19.7 Å². The third-order valence-electron chi connectivity index (χ3n) is 4.20. The second kappa shape index (κ2) is 5.05. The molecule has 2 rings (SSSR count). The maximum Gasteiger partial charge on any atom is 0.0499 e. The SMILES string of the molecule is CC(C)CN(CC1(CO)CCCC1)C1CC1. The Hall–Kier alpha value is -0.0800. The van der Waals surface area contributed by atoms with Crippen LogP contribution in [0.5, 0.6) is 0 Å². The van der Waals surface area contributed by atoms with E-state index in [1.54, 1.807) is 0 Å². The van der Waals surface area contributed by atoms with Crippen LogP contribution >= 0.6 is 0 Å². The summed E-state index contributed by atoms with van der Waals surface area (Å²) in [5, 5.41) is 9.68. The zero-order valence-corrected chi connectivity index (χ0v) is 10.9. The van der Waals surface area contributed by atoms with Crippen molar-refractivity contribution >= 4 is 0 Å². The number of hydrogen-bond acceptors (Lipinski definition) is 2. The van der Waals surface area contributed by atoms with E-state index in [2.05, 4.69) is 18.7 Å². The Balaban J connectivity index is 1.92. The molecule has 0 aromatic heterocycles. The number of nitrogens with zero attached hydrogens (tertiary/aromatic N) is 1. The van der Waals surface area contributed by atoms with Gasteiger partial charge >= 0.3 is 0 Å². The molecule has 16 heavy (non-hydrogen) atoms. The summed E-state index contributed by atoms with van der Waals surface area (Å²) >= 11 is 0. The fourth-order valence-electron chi connectivity index (χ4n) is 3.17. The van der Waals surface area contributed by atoms with Gasteiger partial charge in [-0.25, -0.2) is 0 Å². The van der Waals surface area contributed by atoms with E-state index in [0.29, 0.717) is 6.61 Å². The van der Waals surface area contributed by atoms with Gasteiger partial charge in [-0.15, -0.1) is 0 Å². The minimum Gasteiger partial charge on any atom is -0.396 e. The summed E-state index contributed by atoms with van der Waals surface area (Å²) in [7, 11) is 0. The molecule has 2 nitrogen and oxygen atoms in total. The van der Waals surface area contributed by atoms with Gasteiger partial charge in [0.05, 0.1) is 0 Å². The van der Waals surface area contributed by atoms with E-state index in [0.717, 1.165) is 18.5 Å². The van der Waals surface area contributed by atoms with Crippen LogP contribution in [0, 0.1) is 11.3 Å². The van der Waals surface area contributed by atoms with Gasteiger partial charge in [0.2, 0.25) is 0 Å². The minimum atomic E-state index is 0.248. The van der Waals surface area contributed by atoms with Crippen molar-refractivity contribution in [1.82, 2.24) is 4.90 Å². The van der Waals surface area contributed by atoms with Crippen molar-refractivity contribution < 1.29 is 5.11 Å². The Morgan fingerprint density at radius 3 is 2.31 bits per heavy atom. The molecule has 94 valence electrons. The predicted octanol–water partition coefficient (Wildman–Crippen LogP) is 2.66. The summed E-state index contributed by atoms with van der Waals surface area (Å²) in [6, 6.07) is 0.839. The zero-order chi connectivity index (χ0) is 11.6. The Kier molecular flexibility index (Phi) is 3.91. The van der Waals surface area contributed by atoms with Crippen molar-refractivity contribution in [2.24, 2.45) is 11.3 Å². The highest BCUT2D eigenvalue weighted by Gasteiger charge is 2.39. The number of aliphatic hydroxyl groups excluding tert-OH is 1. The molecule has 0 saturated heterocycles. The minimum absolute atomic E-state index is 0.248. The molecule has 0 aromatic rings. The quantitative estimate of drug-likeness (QED) is 0.751. The molecule has 0 radical (unpaired) electrons. The second-order valence-electron chi connectivity index (χ2n) is 6.42. The molecule has 0 aromatic carbocycles. The van der Waals surface area contributed by atoms with E-state index in [9.17, 15) is 5.11 Å². The lowest BCUT2D eigenvalue weighted by Gasteiger charge is -2.35. The molecule has 0 aliphatic heterocycles. The molecular weight excluding hydrogens is 198 g/mol. The second-order valence-corrected chi connectivity index (χ2v) is 6.42. The molecular formula is C14H27NO. The molecule has 0 amide bonds. The summed E-state index contributed by atoms with van der Waals surface area (Å²) in [5.41, 5.74) is 0.248. The number of rotatable bonds is 6. The maximum absolute atomic E-state index is 9.68. The lowest BCUT2D eigenvalue weighted by molar-refractivity contribution is 0.0692. The van der Waals surface area contributed by atoms with Gasteiger partial charge in [-0.1, -0.05) is 26.7 Å². The molecule has 0 atom stereocenters. The molecule has 2 heteroatoms. The van der Waals surface area contributed by atoms with Gasteiger partial charge in [-0.05, 0) is 31.6 Å². The summed E-state index contributed by atoms with van der Waals surface area (Å²) in [6.45, 7) is 7.36. The number of hydrogen-bond donors (Lipinski definition) is 1. The molecule has 2 aliphatic rings. The lowest BCUT2D eigenvalue weighted by atomic mass is 9.86. The molecule has 0 heterocycles. The van der Waals surface area contributed by atoms with Crippen LogP contribution in [0.15, 0.2) is 0 Å². The van der Waals surface area contributed by atoms with Crippen LogP contribution in [0.1, 0.15) is 52.4 Å². The van der Waals surface area contributed by atoms with Gasteiger partial charge in [-0.3, -0.25) is 4.90 Å². The fourth-order valence-corrected chi connectivity index (χ4v) is 3.17. The van der Waals surface area contributed by atoms with Crippen molar-refractivity contribution in [3.63, 3.8) is 0 Å². The average Bonchev–Trinajstić information content (AvgIpc) is 2.99. The van der Waals surface area contributed by atoms with E-state index in [4.69, 9.17) is 0 Å². The zero-order valence-electron chi connectivity index (χ0n) is 10.9. The molecule has 2 saturated carbocycles. The first-order valence-electron chi connectivity index (χ1n) is 7.00. The average molecular weight is 225 g/mol. The molecule has 2 fully saturated rings. The van der Waals surface area contributed by atoms with Crippen LogP contribution in [-0.4, -0.2) is 35.7 Å². The first kappa shape index (κ1) is 12.4. The van der Waals surface area contributed by atoms with E-state index >= 15 is 0 Å². The smallest absolute Gasteiger partial charge is 0.0499 e. The van der Waals surface area contributed by atoms with Crippen LogP contribution in [0.25, 0.3) is 0 Å². The standard InChI is InChI=1S/C14H27NO/c1-12(2)9-15(13-5-6-13)10-14(11-16)7-3-4-8-14/h12-13,16H,3-11H2,1-2H3. The van der Waals surface area contributed by atoms with Crippen molar-refractivity contribution in [2.45, 2.75) is 58.4 Å². The van der Waals surface area contributed by atoms with Gasteiger partial charge in [0.15, 0.2) is 0 Å². The monoisotopic (exact) mass is 225 g/mol. The molecule has 2 aliphatic carbocycles. The van der Waals surface area contributed by atoms with Crippen LogP contribution in [0.2, 0.25) is 0 Å². The van der Waals surface area contributed by atoms with Gasteiger partial charge in [0, 0.05) is 31.2 Å². The summed E-state index contributed by atoms with van der Waals surface area (Å²) in [6.07, 6.45) is 7.89. The summed E-state index contributed by atoms with van der Waals surface area (Å²) in [5.74, 6) is 0.748. The normalized spacial score (nSPS) is 24.6. The molecule has 1 N–H and O–H groups in total. The highest BCUT2D eigenvalue weighted by atomic mass is 16.3. The Morgan fingerprint density at radius 1 is 1.25 bits per heavy atom. The highest BCUT2D eigenvalue weighted by molar-refractivity contribution is 4.92. The molecule has 0 bridgehead atoms. The van der Waals surface area contributed by atoms with Crippen molar-refractivity contribution in [3.8, 4) is 0 Å². The van der Waals surface area contributed by atoms with Gasteiger partial charge in [-0.2, -0.15) is 0 Å². The highest BCUT2D eigenvalue weighted by Crippen LogP contribution is 2.40. The molecule has 0 spiro atoms. The van der Waals surface area contributed by atoms with Crippen molar-refractivity contribution in [1.29, 1.82) is 0 Å². The predicted molar refractivity (Wildman–Crippen MR) is 67.4 cm³/mol. The number of aliphatic hydroxyl groups is 1. The lowest BCUT2D eigenvalue weighted by Crippen LogP contribution is -2.41. The van der Waals surface area contributed by atoms with Crippen LogP contribution in [0.4, 0.5) is 0 Å². The van der Waals surface area contributed by atoms with E-state index in [-0.39, 0.29) is 5.41 Å². The Bertz CT molecular complexity index is 217. The fraction of sp³-hybridized carbons (Fsp3) is 1.00. The van der Waals surface area contributed by atoms with E-state index < -0.39 is 0 Å². The molecule has 0 unspecified atom stereocenters. The largest absolute Gasteiger partial charge is 0.396 e. The first-order chi connectivity index (χ1) is 7.65. The van der Waals surface area contributed by atoms with Crippen LogP contribution in [0.3, 0.4) is 0 Å². The van der Waals surface area contributed by atoms with E-state index in [1.807, 2.05) is 0 Å². The van der Waals surface area contributed by atoms with Crippen molar-refractivity contribution in [3.05, 3.63) is 0 Å². The first-order valence-corrected chi connectivity index (χ1v) is 7.00. The third kappa shape index (κ3) is 2.98. The third-order valence-corrected chi connectivity index (χ3v) is 4.20. The summed E-state index contributed by atoms with van der Waals surface area (Å²) < 4.78 is 0. The Morgan fingerprint density at radius 2 is 1.88 bits per heavy atom. The summed E-state index contributed by atoms with van der Waals surface area (Å²) in [4.78, 5) is 2.66. The topological polar surface area (TPSA) is 23.5 Å². The Labute approximate surface area is 100 Å². The van der Waals surface area contributed by atoms with Crippen LogP contribution in [-0.2, 0) is 0 Å². The van der Waals surface area contributed by atoms with Gasteiger partial charge in [0.1, 0.15) is 0 Å². The van der Waals surface area contributed by atoms with Gasteiger partial charge < -0.3 is 5.11 Å². The maximum atomic E-state index is 9.68.